The van der Waals surface area contributed by atoms with E-state index in [-0.39, 0.29) is 11.9 Å². The highest BCUT2D eigenvalue weighted by Crippen LogP contribution is 2.18. The fourth-order valence-corrected chi connectivity index (χ4v) is 2.94. The molecule has 0 aliphatic carbocycles. The molecule has 0 saturated carbocycles. The van der Waals surface area contributed by atoms with Crippen LogP contribution in [0.15, 0.2) is 53.8 Å². The molecule has 1 aromatic heterocycles. The molecule has 1 aliphatic heterocycles. The number of rotatable bonds is 6. The van der Waals surface area contributed by atoms with Crippen LogP contribution >= 0.6 is 15.9 Å². The van der Waals surface area contributed by atoms with Crippen molar-refractivity contribution >= 4 is 33.5 Å². The van der Waals surface area contributed by atoms with Crippen molar-refractivity contribution < 1.29 is 4.79 Å². The van der Waals surface area contributed by atoms with E-state index < -0.39 is 0 Å². The number of amides is 1. The molecule has 130 valence electrons. The summed E-state index contributed by atoms with van der Waals surface area (Å²) in [7, 11) is 0. The molecule has 1 amide bonds. The first-order chi connectivity index (χ1) is 12.2. The third-order valence-electron chi connectivity index (χ3n) is 4.01. The van der Waals surface area contributed by atoms with Gasteiger partial charge in [-0.15, -0.1) is 6.58 Å². The van der Waals surface area contributed by atoms with Crippen molar-refractivity contribution in [2.24, 2.45) is 0 Å². The van der Waals surface area contributed by atoms with Crippen molar-refractivity contribution in [1.82, 2.24) is 14.9 Å². The van der Waals surface area contributed by atoms with Gasteiger partial charge in [0.05, 0.1) is 4.47 Å². The molecule has 7 heteroatoms. The van der Waals surface area contributed by atoms with Gasteiger partial charge in [0, 0.05) is 49.3 Å². The second-order valence-corrected chi connectivity index (χ2v) is 6.77. The number of nitrogens with zero attached hydrogens (tertiary/aromatic N) is 3. The lowest BCUT2D eigenvalue weighted by molar-refractivity contribution is 0.0791. The van der Waals surface area contributed by atoms with Gasteiger partial charge in [0.1, 0.15) is 0 Å². The van der Waals surface area contributed by atoms with Crippen molar-refractivity contribution in [3.63, 3.8) is 0 Å². The summed E-state index contributed by atoms with van der Waals surface area (Å²) in [6.45, 7) is 5.75. The first kappa shape index (κ1) is 17.4. The number of carbonyl (C=O) groups excluding carboxylic acids is 1. The van der Waals surface area contributed by atoms with E-state index in [1.165, 1.54) is 0 Å². The quantitative estimate of drug-likeness (QED) is 0.727. The third-order valence-corrected chi connectivity index (χ3v) is 4.42. The minimum absolute atomic E-state index is 0.0521. The lowest BCUT2D eigenvalue weighted by Gasteiger charge is -2.17. The highest BCUT2D eigenvalue weighted by molar-refractivity contribution is 9.10. The van der Waals surface area contributed by atoms with Crippen LogP contribution in [-0.2, 0) is 0 Å². The van der Waals surface area contributed by atoms with Crippen molar-refractivity contribution in [3.05, 3.63) is 59.4 Å². The van der Waals surface area contributed by atoms with E-state index in [2.05, 4.69) is 43.1 Å². The molecular formula is C18H20BrN5O. The van der Waals surface area contributed by atoms with E-state index in [9.17, 15) is 4.79 Å². The van der Waals surface area contributed by atoms with Gasteiger partial charge in [-0.25, -0.2) is 9.97 Å². The number of hydrogen-bond acceptors (Lipinski definition) is 5. The summed E-state index contributed by atoms with van der Waals surface area (Å²) in [5.41, 5.74) is 1.68. The summed E-state index contributed by atoms with van der Waals surface area (Å²) in [6, 6.07) is 7.70. The van der Waals surface area contributed by atoms with E-state index in [1.807, 2.05) is 29.2 Å². The van der Waals surface area contributed by atoms with Crippen molar-refractivity contribution in [3.8, 4) is 0 Å². The van der Waals surface area contributed by atoms with Gasteiger partial charge in [-0.2, -0.15) is 0 Å². The number of hydrogen-bond donors (Lipinski definition) is 2. The van der Waals surface area contributed by atoms with Gasteiger partial charge in [0.2, 0.25) is 5.95 Å². The van der Waals surface area contributed by atoms with Crippen LogP contribution in [0.5, 0.6) is 0 Å². The monoisotopic (exact) mass is 401 g/mol. The molecule has 2 aromatic rings. The number of aromatic nitrogens is 2. The topological polar surface area (TPSA) is 70.2 Å². The average molecular weight is 402 g/mol. The largest absolute Gasteiger partial charge is 0.382 e. The van der Waals surface area contributed by atoms with E-state index in [1.54, 1.807) is 18.5 Å². The lowest BCUT2D eigenvalue weighted by atomic mass is 10.2. The maximum atomic E-state index is 12.6. The van der Waals surface area contributed by atoms with Gasteiger partial charge in [0.25, 0.3) is 5.91 Å². The predicted octanol–water partition coefficient (Wildman–Crippen LogP) is 3.16. The zero-order valence-corrected chi connectivity index (χ0v) is 15.4. The third kappa shape index (κ3) is 4.57. The number of nitrogens with one attached hydrogen (secondary N) is 2. The Morgan fingerprint density at radius 2 is 2.04 bits per heavy atom. The van der Waals surface area contributed by atoms with Gasteiger partial charge in [0.15, 0.2) is 0 Å². The average Bonchev–Trinajstić information content (AvgIpc) is 3.10. The molecule has 1 fully saturated rings. The summed E-state index contributed by atoms with van der Waals surface area (Å²) in [5, 5.41) is 6.48. The van der Waals surface area contributed by atoms with E-state index in [4.69, 9.17) is 0 Å². The molecule has 2 N–H and O–H groups in total. The summed E-state index contributed by atoms with van der Waals surface area (Å²) >= 11 is 3.32. The second kappa shape index (κ2) is 8.11. The van der Waals surface area contributed by atoms with Crippen LogP contribution in [0.1, 0.15) is 16.8 Å². The van der Waals surface area contributed by atoms with E-state index in [0.29, 0.717) is 24.6 Å². The number of likely N-dealkylation sites (tertiary alicyclic amines) is 1. The number of halogens is 1. The first-order valence-electron chi connectivity index (χ1n) is 8.14. The van der Waals surface area contributed by atoms with Crippen molar-refractivity contribution in [1.29, 1.82) is 0 Å². The molecule has 6 nitrogen and oxygen atoms in total. The maximum Gasteiger partial charge on any atom is 0.253 e. The molecule has 2 heterocycles. The summed E-state index contributed by atoms with van der Waals surface area (Å²) in [5.74, 6) is 0.636. The molecule has 25 heavy (non-hydrogen) atoms. The standard InChI is InChI=1S/C18H20BrN5O/c1-2-8-20-15-5-3-13(4-6-15)17(25)24-9-7-16(12-24)23-18-21-10-14(19)11-22-18/h2-6,10-11,16,20H,1,7-9,12H2,(H,21,22,23)/t16-/m1/s1. The van der Waals surface area contributed by atoms with Gasteiger partial charge < -0.3 is 15.5 Å². The Labute approximate surface area is 155 Å². The molecule has 0 unspecified atom stereocenters. The summed E-state index contributed by atoms with van der Waals surface area (Å²) < 4.78 is 0.840. The normalized spacial score (nSPS) is 16.5. The zero-order chi connectivity index (χ0) is 17.6. The van der Waals surface area contributed by atoms with Gasteiger partial charge in [-0.05, 0) is 46.6 Å². The Balaban J connectivity index is 1.56. The number of anilines is 2. The fourth-order valence-electron chi connectivity index (χ4n) is 2.74. The van der Waals surface area contributed by atoms with Gasteiger partial charge in [-0.3, -0.25) is 4.79 Å². The van der Waals surface area contributed by atoms with Crippen LogP contribution in [-0.4, -0.2) is 46.5 Å². The van der Waals surface area contributed by atoms with Gasteiger partial charge in [-0.1, -0.05) is 6.08 Å². The Hall–Kier alpha value is -2.41. The Kier molecular flexibility index (Phi) is 5.65. The first-order valence-corrected chi connectivity index (χ1v) is 8.93. The molecule has 1 aliphatic rings. The molecule has 1 saturated heterocycles. The molecular weight excluding hydrogens is 382 g/mol. The molecule has 0 radical (unpaired) electrons. The Bertz CT molecular complexity index is 732. The Morgan fingerprint density at radius 3 is 2.72 bits per heavy atom. The molecule has 3 rings (SSSR count). The van der Waals surface area contributed by atoms with E-state index >= 15 is 0 Å². The molecule has 0 bridgehead atoms. The van der Waals surface area contributed by atoms with Crippen LogP contribution < -0.4 is 10.6 Å². The zero-order valence-electron chi connectivity index (χ0n) is 13.8. The smallest absolute Gasteiger partial charge is 0.253 e. The van der Waals surface area contributed by atoms with Crippen molar-refractivity contribution in [2.45, 2.75) is 12.5 Å². The maximum absolute atomic E-state index is 12.6. The minimum atomic E-state index is 0.0521. The Morgan fingerprint density at radius 1 is 1.32 bits per heavy atom. The number of carbonyl (C=O) groups is 1. The van der Waals surface area contributed by atoms with Crippen LogP contribution in [0.4, 0.5) is 11.6 Å². The predicted molar refractivity (Wildman–Crippen MR) is 103 cm³/mol. The SMILES string of the molecule is C=CCNc1ccc(C(=O)N2CC[C@@H](Nc3ncc(Br)cn3)C2)cc1. The van der Waals surface area contributed by atoms with Crippen molar-refractivity contribution in [2.75, 3.05) is 30.3 Å². The summed E-state index contributed by atoms with van der Waals surface area (Å²) in [4.78, 5) is 22.9. The fraction of sp³-hybridized carbons (Fsp3) is 0.278. The molecule has 1 aromatic carbocycles. The minimum Gasteiger partial charge on any atom is -0.382 e. The van der Waals surface area contributed by atoms with Gasteiger partial charge >= 0.3 is 0 Å². The molecule has 1 atom stereocenters. The summed E-state index contributed by atoms with van der Waals surface area (Å²) in [6.07, 6.45) is 6.08. The molecule has 0 spiro atoms. The second-order valence-electron chi connectivity index (χ2n) is 5.85. The van der Waals surface area contributed by atoms with E-state index in [0.717, 1.165) is 23.1 Å². The highest BCUT2D eigenvalue weighted by Gasteiger charge is 2.27. The van der Waals surface area contributed by atoms with Crippen LogP contribution in [0.3, 0.4) is 0 Å². The highest BCUT2D eigenvalue weighted by atomic mass is 79.9. The van der Waals surface area contributed by atoms with Crippen LogP contribution in [0.2, 0.25) is 0 Å². The van der Waals surface area contributed by atoms with Crippen LogP contribution in [0, 0.1) is 0 Å². The number of benzene rings is 1. The lowest BCUT2D eigenvalue weighted by Crippen LogP contribution is -2.31. The van der Waals surface area contributed by atoms with Crippen LogP contribution in [0.25, 0.3) is 0 Å².